The van der Waals surface area contributed by atoms with E-state index < -0.39 is 18.0 Å². The molecule has 0 spiro atoms. The Morgan fingerprint density at radius 3 is 1.66 bits per heavy atom. The van der Waals surface area contributed by atoms with Gasteiger partial charge in [-0.2, -0.15) is 0 Å². The number of ketones is 1. The lowest BCUT2D eigenvalue weighted by molar-refractivity contribution is -0.873. The van der Waals surface area contributed by atoms with Crippen molar-refractivity contribution in [3.8, 4) is 0 Å². The van der Waals surface area contributed by atoms with Gasteiger partial charge in [0, 0.05) is 17.2 Å². The number of likely N-dealkylation sites (N-methyl/N-ethyl adjacent to an activating group) is 1. The van der Waals surface area contributed by atoms with Gasteiger partial charge in [0.25, 0.3) is 0 Å². The summed E-state index contributed by atoms with van der Waals surface area (Å²) in [4.78, 5) is 23.8. The van der Waals surface area contributed by atoms with Crippen LogP contribution in [0.5, 0.6) is 0 Å². The SMILES string of the molecule is CCCCCCCC[C@H](Cl)[C@H](Cl)CCCCCCCC(=O)[C@@H](C(=O)O)[C@@H](O)C[N+](C)(C)C. The first kappa shape index (κ1) is 31.6. The molecule has 0 aromatic carbocycles. The number of carbonyl (C=O) groups is 2. The minimum Gasteiger partial charge on any atom is -0.481 e. The Balaban J connectivity index is 3.94. The van der Waals surface area contributed by atoms with Crippen LogP contribution in [-0.2, 0) is 9.59 Å². The molecule has 0 fully saturated rings. The summed E-state index contributed by atoms with van der Waals surface area (Å²) in [6.45, 7) is 2.45. The molecule has 0 unspecified atom stereocenters. The van der Waals surface area contributed by atoms with Crippen LogP contribution in [0.3, 0.4) is 0 Å². The first-order chi connectivity index (χ1) is 15.0. The molecule has 0 radical (unpaired) electrons. The third-order valence-corrected chi connectivity index (χ3v) is 7.04. The highest BCUT2D eigenvalue weighted by Gasteiger charge is 2.36. The summed E-state index contributed by atoms with van der Waals surface area (Å²) in [5.74, 6) is -2.95. The normalized spacial score (nSPS) is 15.8. The van der Waals surface area contributed by atoms with Crippen molar-refractivity contribution in [2.75, 3.05) is 27.7 Å². The monoisotopic (exact) mass is 496 g/mol. The van der Waals surface area contributed by atoms with Crippen LogP contribution in [0.1, 0.15) is 96.8 Å². The number of carboxylic acid groups (broad SMARTS) is 1. The molecule has 0 aliphatic rings. The number of aliphatic carboxylic acids is 1. The van der Waals surface area contributed by atoms with Gasteiger partial charge < -0.3 is 14.7 Å². The average molecular weight is 498 g/mol. The zero-order chi connectivity index (χ0) is 24.6. The van der Waals surface area contributed by atoms with Gasteiger partial charge in [-0.15, -0.1) is 23.2 Å². The second kappa shape index (κ2) is 18.0. The molecule has 0 aliphatic carbocycles. The van der Waals surface area contributed by atoms with Crippen molar-refractivity contribution >= 4 is 35.0 Å². The molecule has 0 saturated carbocycles. The van der Waals surface area contributed by atoms with Gasteiger partial charge in [0.2, 0.25) is 0 Å². The van der Waals surface area contributed by atoms with E-state index in [2.05, 4.69) is 6.92 Å². The Bertz CT molecular complexity index is 511. The molecule has 0 heterocycles. The van der Waals surface area contributed by atoms with Crippen LogP contribution in [0.2, 0.25) is 0 Å². The number of unbranched alkanes of at least 4 members (excludes halogenated alkanes) is 9. The minimum atomic E-state index is -1.34. The summed E-state index contributed by atoms with van der Waals surface area (Å²) in [6, 6.07) is 0. The van der Waals surface area contributed by atoms with Crippen molar-refractivity contribution in [1.82, 2.24) is 0 Å². The number of aliphatic hydroxyl groups excluding tert-OH is 1. The second-order valence-corrected chi connectivity index (χ2v) is 11.3. The smallest absolute Gasteiger partial charge is 0.316 e. The van der Waals surface area contributed by atoms with Gasteiger partial charge in [-0.05, 0) is 19.3 Å². The molecule has 32 heavy (non-hydrogen) atoms. The van der Waals surface area contributed by atoms with Crippen molar-refractivity contribution in [3.05, 3.63) is 0 Å². The average Bonchev–Trinajstić information content (AvgIpc) is 2.67. The Morgan fingerprint density at radius 1 is 0.781 bits per heavy atom. The van der Waals surface area contributed by atoms with Gasteiger partial charge in [0.05, 0.1) is 21.1 Å². The summed E-state index contributed by atoms with van der Waals surface area (Å²) in [5, 5.41) is 19.6. The van der Waals surface area contributed by atoms with E-state index in [1.54, 1.807) is 0 Å². The number of aliphatic hydroxyl groups is 1. The highest BCUT2D eigenvalue weighted by Crippen LogP contribution is 2.23. The molecule has 0 saturated heterocycles. The summed E-state index contributed by atoms with van der Waals surface area (Å²) < 4.78 is 0.405. The molecular weight excluding hydrogens is 449 g/mol. The Hall–Kier alpha value is -0.360. The number of hydrogen-bond acceptors (Lipinski definition) is 3. The zero-order valence-electron chi connectivity index (χ0n) is 20.8. The molecule has 0 bridgehead atoms. The lowest BCUT2D eigenvalue weighted by Crippen LogP contribution is -2.47. The summed E-state index contributed by atoms with van der Waals surface area (Å²) in [7, 11) is 5.58. The number of quaternary nitrogens is 1. The number of hydrogen-bond donors (Lipinski definition) is 2. The summed E-state index contributed by atoms with van der Waals surface area (Å²) >= 11 is 12.9. The van der Waals surface area contributed by atoms with Crippen LogP contribution < -0.4 is 0 Å². The van der Waals surface area contributed by atoms with Gasteiger partial charge >= 0.3 is 5.97 Å². The second-order valence-electron chi connectivity index (χ2n) is 10.2. The number of alkyl halides is 2. The van der Waals surface area contributed by atoms with Gasteiger partial charge in [-0.1, -0.05) is 71.1 Å². The first-order valence-corrected chi connectivity index (χ1v) is 13.4. The van der Waals surface area contributed by atoms with Crippen LogP contribution in [0.15, 0.2) is 0 Å². The standard InChI is InChI=1S/C25H47Cl2NO4/c1-5-6-7-8-10-13-16-20(26)21(27)17-14-11-9-12-15-18-22(29)24(25(31)32)23(30)19-28(2,3)4/h20-21,23-24,30H,5-19H2,1-4H3/p+1/t20-,21+,23-,24+/m0/s1. The minimum absolute atomic E-state index is 0.00733. The van der Waals surface area contributed by atoms with Gasteiger partial charge in [-0.25, -0.2) is 0 Å². The van der Waals surface area contributed by atoms with Crippen LogP contribution in [0, 0.1) is 5.92 Å². The van der Waals surface area contributed by atoms with Crippen LogP contribution in [-0.4, -0.2) is 71.0 Å². The molecule has 0 aromatic heterocycles. The van der Waals surface area contributed by atoms with Crippen molar-refractivity contribution in [3.63, 3.8) is 0 Å². The quantitative estimate of drug-likeness (QED) is 0.0880. The maximum Gasteiger partial charge on any atom is 0.316 e. The molecule has 0 aliphatic heterocycles. The largest absolute Gasteiger partial charge is 0.481 e. The van der Waals surface area contributed by atoms with E-state index in [-0.39, 0.29) is 29.5 Å². The number of nitrogens with zero attached hydrogens (tertiary/aromatic N) is 1. The van der Waals surface area contributed by atoms with E-state index in [1.807, 2.05) is 21.1 Å². The molecule has 5 nitrogen and oxygen atoms in total. The van der Waals surface area contributed by atoms with Crippen molar-refractivity contribution in [1.29, 1.82) is 0 Å². The molecule has 4 atom stereocenters. The predicted octanol–water partition coefficient (Wildman–Crippen LogP) is 6.02. The highest BCUT2D eigenvalue weighted by molar-refractivity contribution is 6.29. The topological polar surface area (TPSA) is 74.6 Å². The van der Waals surface area contributed by atoms with E-state index in [1.165, 1.54) is 32.1 Å². The first-order valence-electron chi connectivity index (χ1n) is 12.5. The fourth-order valence-corrected chi connectivity index (χ4v) is 4.55. The third kappa shape index (κ3) is 16.3. The van der Waals surface area contributed by atoms with Crippen molar-refractivity contribution in [2.24, 2.45) is 5.92 Å². The van der Waals surface area contributed by atoms with Gasteiger partial charge in [0.1, 0.15) is 24.3 Å². The van der Waals surface area contributed by atoms with E-state index in [0.29, 0.717) is 10.9 Å². The Kier molecular flexibility index (Phi) is 17.8. The number of rotatable bonds is 21. The fourth-order valence-electron chi connectivity index (χ4n) is 3.99. The number of Topliss-reactive ketones (excluding diaryl/α,β-unsaturated/α-hetero) is 1. The van der Waals surface area contributed by atoms with E-state index >= 15 is 0 Å². The van der Waals surface area contributed by atoms with Crippen molar-refractivity contribution in [2.45, 2.75) is 114 Å². The van der Waals surface area contributed by atoms with E-state index in [0.717, 1.165) is 44.9 Å². The van der Waals surface area contributed by atoms with E-state index in [9.17, 15) is 19.8 Å². The molecule has 0 rings (SSSR count). The van der Waals surface area contributed by atoms with Gasteiger partial charge in [0.15, 0.2) is 0 Å². The molecule has 0 amide bonds. The van der Waals surface area contributed by atoms with E-state index in [4.69, 9.17) is 23.2 Å². The Labute approximate surface area is 206 Å². The Morgan fingerprint density at radius 2 is 1.22 bits per heavy atom. The third-order valence-electron chi connectivity index (χ3n) is 5.86. The molecule has 0 aromatic rings. The van der Waals surface area contributed by atoms with Crippen LogP contribution in [0.4, 0.5) is 0 Å². The maximum atomic E-state index is 12.3. The highest BCUT2D eigenvalue weighted by atomic mass is 35.5. The predicted molar refractivity (Wildman–Crippen MR) is 135 cm³/mol. The molecule has 190 valence electrons. The lowest BCUT2D eigenvalue weighted by Gasteiger charge is -2.28. The summed E-state index contributed by atoms with van der Waals surface area (Å²) in [6.07, 6.45) is 13.0. The lowest BCUT2D eigenvalue weighted by atomic mass is 9.93. The molecular formula is C25H48Cl2NO4+. The van der Waals surface area contributed by atoms with Crippen molar-refractivity contribution < 1.29 is 24.3 Å². The fraction of sp³-hybridized carbons (Fsp3) is 0.920. The number of halogens is 2. The maximum absolute atomic E-state index is 12.3. The summed E-state index contributed by atoms with van der Waals surface area (Å²) in [5.41, 5.74) is 0. The molecule has 2 N–H and O–H groups in total. The number of carboxylic acids is 1. The van der Waals surface area contributed by atoms with Crippen LogP contribution >= 0.6 is 23.2 Å². The molecule has 7 heteroatoms. The zero-order valence-corrected chi connectivity index (χ0v) is 22.3. The number of carbonyl (C=O) groups excluding carboxylic acids is 1. The van der Waals surface area contributed by atoms with Gasteiger partial charge in [-0.3, -0.25) is 9.59 Å². The van der Waals surface area contributed by atoms with Crippen LogP contribution in [0.25, 0.3) is 0 Å².